The fourth-order valence-corrected chi connectivity index (χ4v) is 1.10. The average molecular weight is 189 g/mol. The van der Waals surface area contributed by atoms with Gasteiger partial charge in [0, 0.05) is 11.4 Å². The van der Waals surface area contributed by atoms with Crippen LogP contribution in [0.4, 0.5) is 5.95 Å². The molecule has 1 aromatic heterocycles. The number of nitrogens with zero attached hydrogens (tertiary/aromatic N) is 2. The third-order valence-electron chi connectivity index (χ3n) is 1.81. The van der Waals surface area contributed by atoms with Gasteiger partial charge < -0.3 is 5.32 Å². The molecule has 0 aliphatic heterocycles. The molecule has 0 amide bonds. The predicted molar refractivity (Wildman–Crippen MR) is 58.2 cm³/mol. The Labute approximate surface area is 85.0 Å². The molecule has 0 atom stereocenters. The number of nitrogens with one attached hydrogen (secondary N) is 1. The lowest BCUT2D eigenvalue weighted by atomic mass is 10.1. The van der Waals surface area contributed by atoms with Crippen molar-refractivity contribution in [3.63, 3.8) is 0 Å². The predicted octanol–water partition coefficient (Wildman–Crippen LogP) is 1.95. The maximum Gasteiger partial charge on any atom is 0.223 e. The van der Waals surface area contributed by atoms with Crippen LogP contribution in [-0.4, -0.2) is 16.5 Å². The molecule has 3 nitrogen and oxygen atoms in total. The van der Waals surface area contributed by atoms with Gasteiger partial charge in [-0.25, -0.2) is 9.97 Å². The molecule has 74 valence electrons. The van der Waals surface area contributed by atoms with E-state index in [4.69, 9.17) is 6.42 Å². The van der Waals surface area contributed by atoms with Gasteiger partial charge in [0.1, 0.15) is 0 Å². The molecule has 0 bridgehead atoms. The van der Waals surface area contributed by atoms with E-state index in [1.54, 1.807) is 0 Å². The third kappa shape index (κ3) is 2.74. The minimum Gasteiger partial charge on any atom is -0.343 e. The maximum atomic E-state index is 5.14. The van der Waals surface area contributed by atoms with E-state index < -0.39 is 0 Å². The van der Waals surface area contributed by atoms with Crippen LogP contribution in [0.15, 0.2) is 6.07 Å². The van der Waals surface area contributed by atoms with Crippen LogP contribution < -0.4 is 5.32 Å². The lowest BCUT2D eigenvalue weighted by molar-refractivity contribution is 0.810. The Morgan fingerprint density at radius 2 is 2.21 bits per heavy atom. The summed E-state index contributed by atoms with van der Waals surface area (Å²) in [7, 11) is 0. The van der Waals surface area contributed by atoms with Gasteiger partial charge in [-0.2, -0.15) is 0 Å². The van der Waals surface area contributed by atoms with Gasteiger partial charge in [0.05, 0.1) is 6.54 Å². The van der Waals surface area contributed by atoms with Gasteiger partial charge in [-0.15, -0.1) is 6.42 Å². The lowest BCUT2D eigenvalue weighted by Crippen LogP contribution is -2.06. The summed E-state index contributed by atoms with van der Waals surface area (Å²) in [6.07, 6.45) is 5.14. The van der Waals surface area contributed by atoms with E-state index in [1.807, 2.05) is 13.0 Å². The Hall–Kier alpha value is -1.56. The average Bonchev–Trinajstić information content (AvgIpc) is 2.14. The first-order valence-electron chi connectivity index (χ1n) is 4.66. The van der Waals surface area contributed by atoms with E-state index in [9.17, 15) is 0 Å². The monoisotopic (exact) mass is 189 g/mol. The molecule has 0 saturated carbocycles. The van der Waals surface area contributed by atoms with Crippen molar-refractivity contribution < 1.29 is 0 Å². The van der Waals surface area contributed by atoms with Gasteiger partial charge >= 0.3 is 0 Å². The zero-order valence-electron chi connectivity index (χ0n) is 8.83. The van der Waals surface area contributed by atoms with Gasteiger partial charge in [-0.05, 0) is 18.9 Å². The molecule has 0 saturated heterocycles. The van der Waals surface area contributed by atoms with Gasteiger partial charge in [0.25, 0.3) is 0 Å². The van der Waals surface area contributed by atoms with Crippen LogP contribution in [0, 0.1) is 19.3 Å². The fraction of sp³-hybridized carbons (Fsp3) is 0.455. The van der Waals surface area contributed by atoms with Gasteiger partial charge in [0.2, 0.25) is 5.95 Å². The van der Waals surface area contributed by atoms with Crippen molar-refractivity contribution in [2.45, 2.75) is 26.7 Å². The lowest BCUT2D eigenvalue weighted by Gasteiger charge is -2.08. The molecule has 0 aliphatic rings. The molecule has 1 aromatic rings. The maximum absolute atomic E-state index is 5.14. The van der Waals surface area contributed by atoms with E-state index in [1.165, 1.54) is 0 Å². The van der Waals surface area contributed by atoms with E-state index in [0.29, 0.717) is 18.4 Å². The van der Waals surface area contributed by atoms with Crippen LogP contribution in [0.2, 0.25) is 0 Å². The van der Waals surface area contributed by atoms with Crippen molar-refractivity contribution in [1.82, 2.24) is 9.97 Å². The van der Waals surface area contributed by atoms with Crippen LogP contribution in [0.25, 0.3) is 0 Å². The second-order valence-corrected chi connectivity index (χ2v) is 3.47. The minimum absolute atomic E-state index is 0.406. The Kier molecular flexibility index (Phi) is 3.47. The fourth-order valence-electron chi connectivity index (χ4n) is 1.10. The van der Waals surface area contributed by atoms with Crippen LogP contribution in [0.1, 0.15) is 31.2 Å². The van der Waals surface area contributed by atoms with Crippen molar-refractivity contribution >= 4 is 5.95 Å². The number of aromatic nitrogens is 2. The van der Waals surface area contributed by atoms with Gasteiger partial charge in [-0.3, -0.25) is 0 Å². The number of hydrogen-bond donors (Lipinski definition) is 1. The molecule has 3 heteroatoms. The molecule has 0 aromatic carbocycles. The minimum atomic E-state index is 0.406. The van der Waals surface area contributed by atoms with E-state index in [2.05, 4.69) is 35.1 Å². The van der Waals surface area contributed by atoms with E-state index >= 15 is 0 Å². The highest BCUT2D eigenvalue weighted by atomic mass is 15.1. The largest absolute Gasteiger partial charge is 0.343 e. The first kappa shape index (κ1) is 10.5. The molecule has 14 heavy (non-hydrogen) atoms. The molecule has 1 N–H and O–H groups in total. The number of anilines is 1. The van der Waals surface area contributed by atoms with E-state index in [0.717, 1.165) is 11.4 Å². The molecular formula is C11H15N3. The normalized spacial score (nSPS) is 9.93. The molecule has 0 spiro atoms. The third-order valence-corrected chi connectivity index (χ3v) is 1.81. The summed E-state index contributed by atoms with van der Waals surface area (Å²) < 4.78 is 0. The highest BCUT2D eigenvalue weighted by Crippen LogP contribution is 2.13. The Bertz CT molecular complexity index is 350. The van der Waals surface area contributed by atoms with E-state index in [-0.39, 0.29) is 0 Å². The van der Waals surface area contributed by atoms with Crippen LogP contribution >= 0.6 is 0 Å². The summed E-state index contributed by atoms with van der Waals surface area (Å²) in [5, 5.41) is 2.97. The second kappa shape index (κ2) is 4.61. The molecule has 0 fully saturated rings. The van der Waals surface area contributed by atoms with Crippen molar-refractivity contribution in [1.29, 1.82) is 0 Å². The molecule has 0 aliphatic carbocycles. The van der Waals surface area contributed by atoms with Crippen molar-refractivity contribution in [2.24, 2.45) is 0 Å². The smallest absolute Gasteiger partial charge is 0.223 e. The second-order valence-electron chi connectivity index (χ2n) is 3.47. The van der Waals surface area contributed by atoms with Gasteiger partial charge in [0.15, 0.2) is 0 Å². The first-order chi connectivity index (χ1) is 6.63. The summed E-state index contributed by atoms with van der Waals surface area (Å²) in [6.45, 7) is 6.62. The molecule has 1 heterocycles. The highest BCUT2D eigenvalue weighted by Gasteiger charge is 2.04. The number of rotatable bonds is 3. The van der Waals surface area contributed by atoms with Crippen molar-refractivity contribution in [2.75, 3.05) is 11.9 Å². The quantitative estimate of drug-likeness (QED) is 0.738. The van der Waals surface area contributed by atoms with Crippen molar-refractivity contribution in [3.8, 4) is 12.3 Å². The number of terminal acetylenes is 1. The van der Waals surface area contributed by atoms with Crippen LogP contribution in [0.5, 0.6) is 0 Å². The Morgan fingerprint density at radius 1 is 1.50 bits per heavy atom. The van der Waals surface area contributed by atoms with Gasteiger partial charge in [-0.1, -0.05) is 19.8 Å². The topological polar surface area (TPSA) is 37.8 Å². The van der Waals surface area contributed by atoms with Crippen LogP contribution in [-0.2, 0) is 0 Å². The SMILES string of the molecule is C#CCNc1nc(C)cc(C(C)C)n1. The Morgan fingerprint density at radius 3 is 2.79 bits per heavy atom. The molecule has 1 rings (SSSR count). The number of hydrogen-bond acceptors (Lipinski definition) is 3. The summed E-state index contributed by atoms with van der Waals surface area (Å²) in [6, 6.07) is 1.99. The zero-order valence-corrected chi connectivity index (χ0v) is 8.83. The zero-order chi connectivity index (χ0) is 10.6. The summed E-state index contributed by atoms with van der Waals surface area (Å²) in [5.74, 6) is 3.52. The molecular weight excluding hydrogens is 174 g/mol. The highest BCUT2D eigenvalue weighted by molar-refractivity contribution is 5.30. The molecule has 0 unspecified atom stereocenters. The standard InChI is InChI=1S/C11H15N3/c1-5-6-12-11-13-9(4)7-10(14-11)8(2)3/h1,7-8H,6H2,2-4H3,(H,12,13,14). The Balaban J connectivity index is 2.90. The summed E-state index contributed by atoms with van der Waals surface area (Å²) in [4.78, 5) is 8.59. The molecule has 0 radical (unpaired) electrons. The summed E-state index contributed by atoms with van der Waals surface area (Å²) in [5.41, 5.74) is 2.00. The van der Waals surface area contributed by atoms with Crippen molar-refractivity contribution in [3.05, 3.63) is 17.5 Å². The number of aryl methyl sites for hydroxylation is 1. The van der Waals surface area contributed by atoms with Crippen LogP contribution in [0.3, 0.4) is 0 Å². The summed E-state index contributed by atoms with van der Waals surface area (Å²) >= 11 is 0. The first-order valence-corrected chi connectivity index (χ1v) is 4.66.